The molecule has 1 aliphatic heterocycles. The summed E-state index contributed by atoms with van der Waals surface area (Å²) in [6.45, 7) is 1.20. The van der Waals surface area contributed by atoms with E-state index in [4.69, 9.17) is 9.57 Å². The van der Waals surface area contributed by atoms with Crippen LogP contribution in [0.3, 0.4) is 0 Å². The highest BCUT2D eigenvalue weighted by molar-refractivity contribution is 7.98. The summed E-state index contributed by atoms with van der Waals surface area (Å²) >= 11 is 1.62. The minimum absolute atomic E-state index is 0.0508. The third-order valence-corrected chi connectivity index (χ3v) is 5.39. The molecule has 0 unspecified atom stereocenters. The van der Waals surface area contributed by atoms with Gasteiger partial charge in [-0.3, -0.25) is 0 Å². The van der Waals surface area contributed by atoms with Crippen LogP contribution in [0.1, 0.15) is 18.4 Å². The van der Waals surface area contributed by atoms with Crippen molar-refractivity contribution in [1.82, 2.24) is 24.8 Å². The van der Waals surface area contributed by atoms with Gasteiger partial charge in [0.2, 0.25) is 0 Å². The topological polar surface area (TPSA) is 85.3 Å². The van der Waals surface area contributed by atoms with Gasteiger partial charge in [-0.05, 0) is 23.8 Å². The lowest BCUT2D eigenvalue weighted by Gasteiger charge is -2.30. The van der Waals surface area contributed by atoms with Crippen LogP contribution in [0.15, 0.2) is 60.3 Å². The van der Waals surface area contributed by atoms with Crippen molar-refractivity contribution in [3.8, 4) is 5.75 Å². The Kier molecular flexibility index (Phi) is 5.81. The molecule has 2 aromatic heterocycles. The molecule has 0 atom stereocenters. The van der Waals surface area contributed by atoms with E-state index < -0.39 is 0 Å². The first-order valence-corrected chi connectivity index (χ1v) is 10.1. The van der Waals surface area contributed by atoms with Crippen molar-refractivity contribution in [3.05, 3.63) is 60.7 Å². The number of likely N-dealkylation sites (tertiary alicyclic amines) is 1. The molecule has 0 radical (unpaired) electrons. The van der Waals surface area contributed by atoms with Gasteiger partial charge in [0.15, 0.2) is 5.16 Å². The number of H-pyrrole nitrogens is 1. The third-order valence-electron chi connectivity index (χ3n) is 4.41. The van der Waals surface area contributed by atoms with E-state index >= 15 is 0 Å². The highest BCUT2D eigenvalue weighted by Crippen LogP contribution is 2.21. The number of hydrogen-bond acceptors (Lipinski definition) is 6. The number of nitrogens with zero attached hydrogens (tertiary/aromatic N) is 4. The fourth-order valence-electron chi connectivity index (χ4n) is 2.91. The van der Waals surface area contributed by atoms with Crippen LogP contribution in [0.25, 0.3) is 0 Å². The van der Waals surface area contributed by atoms with Crippen molar-refractivity contribution in [2.24, 2.45) is 0 Å². The molecule has 3 aromatic rings. The number of aromatic nitrogens is 4. The molecule has 0 spiro atoms. The Bertz CT molecular complexity index is 860. The average molecular weight is 399 g/mol. The fraction of sp³-hybridized carbons (Fsp3) is 0.316. The van der Waals surface area contributed by atoms with Gasteiger partial charge in [-0.2, -0.15) is 0 Å². The molecule has 1 N–H and O–H groups in total. The normalized spacial score (nSPS) is 14.8. The van der Waals surface area contributed by atoms with Crippen molar-refractivity contribution in [2.75, 3.05) is 13.1 Å². The van der Waals surface area contributed by atoms with Gasteiger partial charge < -0.3 is 19.5 Å². The monoisotopic (exact) mass is 399 g/mol. The Morgan fingerprint density at radius 2 is 2.04 bits per heavy atom. The lowest BCUT2D eigenvalue weighted by atomic mass is 10.1. The number of thioether (sulfide) groups is 1. The van der Waals surface area contributed by atoms with Crippen LogP contribution in [-0.2, 0) is 5.75 Å². The Labute approximate surface area is 166 Å². The number of nitrogens with one attached hydrogen (secondary N) is 1. The first-order valence-electron chi connectivity index (χ1n) is 9.11. The van der Waals surface area contributed by atoms with Crippen molar-refractivity contribution < 1.29 is 14.4 Å². The first-order chi connectivity index (χ1) is 13.8. The minimum Gasteiger partial charge on any atom is -0.410 e. The molecule has 1 fully saturated rings. The van der Waals surface area contributed by atoms with Gasteiger partial charge in [-0.15, -0.1) is 9.94 Å². The van der Waals surface area contributed by atoms with Gasteiger partial charge in [0.25, 0.3) is 0 Å². The van der Waals surface area contributed by atoms with Gasteiger partial charge in [0.1, 0.15) is 11.9 Å². The summed E-state index contributed by atoms with van der Waals surface area (Å²) in [7, 11) is 0. The highest BCUT2D eigenvalue weighted by atomic mass is 32.2. The summed E-state index contributed by atoms with van der Waals surface area (Å²) in [4.78, 5) is 28.5. The molecular formula is C19H21N5O3S. The third kappa shape index (κ3) is 4.86. The number of rotatable bonds is 6. The molecule has 3 heterocycles. The van der Waals surface area contributed by atoms with Crippen LogP contribution in [0, 0.1) is 0 Å². The number of benzene rings is 1. The number of hydrogen-bond donors (Lipinski definition) is 1. The van der Waals surface area contributed by atoms with E-state index in [9.17, 15) is 4.79 Å². The summed E-state index contributed by atoms with van der Waals surface area (Å²) < 4.78 is 5.50. The number of imidazole rings is 1. The van der Waals surface area contributed by atoms with Crippen LogP contribution in [0.5, 0.6) is 5.75 Å². The largest absolute Gasteiger partial charge is 0.415 e. The number of carbonyl (C=O) groups is 1. The molecule has 28 heavy (non-hydrogen) atoms. The van der Waals surface area contributed by atoms with E-state index in [-0.39, 0.29) is 12.2 Å². The maximum Gasteiger partial charge on any atom is 0.415 e. The smallest absolute Gasteiger partial charge is 0.410 e. The molecule has 1 saturated heterocycles. The number of ether oxygens (including phenoxy) is 1. The van der Waals surface area contributed by atoms with Gasteiger partial charge in [-0.1, -0.05) is 23.9 Å². The van der Waals surface area contributed by atoms with Crippen LogP contribution < -0.4 is 9.57 Å². The summed E-state index contributed by atoms with van der Waals surface area (Å²) in [6.07, 6.45) is 8.19. The zero-order chi connectivity index (χ0) is 19.2. The minimum atomic E-state index is -0.324. The summed E-state index contributed by atoms with van der Waals surface area (Å²) in [5.74, 6) is 1.34. The predicted octanol–water partition coefficient (Wildman–Crippen LogP) is 2.99. The lowest BCUT2D eigenvalue weighted by Crippen LogP contribution is -2.44. The predicted molar refractivity (Wildman–Crippen MR) is 104 cm³/mol. The quantitative estimate of drug-likeness (QED) is 0.642. The second kappa shape index (κ2) is 8.83. The number of amides is 1. The van der Waals surface area contributed by atoms with Crippen molar-refractivity contribution in [3.63, 3.8) is 0 Å². The molecule has 4 rings (SSSR count). The fourth-order valence-corrected chi connectivity index (χ4v) is 3.70. The van der Waals surface area contributed by atoms with E-state index in [1.54, 1.807) is 41.4 Å². The van der Waals surface area contributed by atoms with Crippen molar-refractivity contribution in [2.45, 2.75) is 29.9 Å². The van der Waals surface area contributed by atoms with Gasteiger partial charge in [0.05, 0.1) is 12.4 Å². The second-order valence-electron chi connectivity index (χ2n) is 6.40. The maximum atomic E-state index is 12.4. The molecule has 0 bridgehead atoms. The summed E-state index contributed by atoms with van der Waals surface area (Å²) in [5, 5.41) is 4.92. The molecule has 146 valence electrons. The summed E-state index contributed by atoms with van der Waals surface area (Å²) in [6, 6.07) is 9.38. The zero-order valence-electron chi connectivity index (χ0n) is 15.2. The van der Waals surface area contributed by atoms with E-state index in [1.165, 1.54) is 4.85 Å². The average Bonchev–Trinajstić information content (AvgIpc) is 3.42. The van der Waals surface area contributed by atoms with Crippen LogP contribution in [0.2, 0.25) is 0 Å². The van der Waals surface area contributed by atoms with Crippen LogP contribution in [-0.4, -0.2) is 50.1 Å². The van der Waals surface area contributed by atoms with Gasteiger partial charge in [-0.25, -0.2) is 9.78 Å². The van der Waals surface area contributed by atoms with Gasteiger partial charge >= 0.3 is 6.09 Å². The second-order valence-corrected chi connectivity index (χ2v) is 7.36. The molecule has 0 aliphatic carbocycles. The molecular weight excluding hydrogens is 378 g/mol. The number of aromatic amines is 1. The van der Waals surface area contributed by atoms with Crippen LogP contribution >= 0.6 is 11.8 Å². The van der Waals surface area contributed by atoms with Crippen molar-refractivity contribution >= 4 is 17.9 Å². The molecule has 1 amide bonds. The molecule has 8 nitrogen and oxygen atoms in total. The Balaban J connectivity index is 1.22. The summed E-state index contributed by atoms with van der Waals surface area (Å²) in [5.41, 5.74) is 1.14. The van der Waals surface area contributed by atoms with Crippen molar-refractivity contribution in [1.29, 1.82) is 0 Å². The Morgan fingerprint density at radius 3 is 2.71 bits per heavy atom. The van der Waals surface area contributed by atoms with E-state index in [1.807, 2.05) is 30.3 Å². The zero-order valence-corrected chi connectivity index (χ0v) is 16.0. The molecule has 0 saturated carbocycles. The van der Waals surface area contributed by atoms with Crippen LogP contribution in [0.4, 0.5) is 4.79 Å². The number of carbonyl (C=O) groups excluding carboxylic acids is 1. The van der Waals surface area contributed by atoms with E-state index in [0.29, 0.717) is 18.8 Å². The Morgan fingerprint density at radius 1 is 1.21 bits per heavy atom. The first kappa shape index (κ1) is 18.4. The molecule has 1 aliphatic rings. The molecule has 1 aromatic carbocycles. The van der Waals surface area contributed by atoms with Gasteiger partial charge in [0, 0.05) is 44.1 Å². The number of piperidine rings is 1. The highest BCUT2D eigenvalue weighted by Gasteiger charge is 2.25. The SMILES string of the molecule is O=C(Oc1ccc(CSc2ncc[nH]2)cc1)N1CCC(On2cccn2)CC1. The lowest BCUT2D eigenvalue weighted by molar-refractivity contribution is -0.0162. The molecule has 9 heteroatoms. The maximum absolute atomic E-state index is 12.4. The Hall–Kier alpha value is -2.94. The van der Waals surface area contributed by atoms with E-state index in [2.05, 4.69) is 15.1 Å². The standard InChI is InChI=1S/C19H21N5O3S/c25-19(23-12-6-17(7-13-23)27-24-11-1-8-22-24)26-16-4-2-15(3-5-16)14-28-18-20-9-10-21-18/h1-5,8-11,17H,6-7,12-14H2,(H,20,21). The van der Waals surface area contributed by atoms with E-state index in [0.717, 1.165) is 29.3 Å².